The van der Waals surface area contributed by atoms with E-state index in [1.807, 2.05) is 0 Å². The number of aliphatic hydroxyl groups is 1. The van der Waals surface area contributed by atoms with Gasteiger partial charge >= 0.3 is 0 Å². The highest BCUT2D eigenvalue weighted by atomic mass is 16.3. The second-order valence-electron chi connectivity index (χ2n) is 6.98. The van der Waals surface area contributed by atoms with Crippen molar-refractivity contribution in [1.82, 2.24) is 5.32 Å². The molecular formula is C16H31NO2. The molecule has 1 fully saturated rings. The Morgan fingerprint density at radius 2 is 1.68 bits per heavy atom. The van der Waals surface area contributed by atoms with Crippen molar-refractivity contribution in [2.75, 3.05) is 6.61 Å². The zero-order valence-electron chi connectivity index (χ0n) is 12.9. The lowest BCUT2D eigenvalue weighted by Gasteiger charge is -2.32. The first kappa shape index (κ1) is 16.5. The van der Waals surface area contributed by atoms with Gasteiger partial charge in [0.1, 0.15) is 0 Å². The van der Waals surface area contributed by atoms with E-state index in [2.05, 4.69) is 26.1 Å². The Hall–Kier alpha value is -0.570. The number of rotatable bonds is 4. The van der Waals surface area contributed by atoms with Crippen molar-refractivity contribution in [2.45, 2.75) is 78.2 Å². The summed E-state index contributed by atoms with van der Waals surface area (Å²) >= 11 is 0. The predicted octanol–water partition coefficient (Wildman–Crippen LogP) is 3.26. The third-order valence-corrected chi connectivity index (χ3v) is 4.26. The quantitative estimate of drug-likeness (QED) is 0.823. The molecule has 112 valence electrons. The van der Waals surface area contributed by atoms with Crippen LogP contribution in [0.4, 0.5) is 0 Å². The molecule has 0 aromatic carbocycles. The van der Waals surface area contributed by atoms with Crippen molar-refractivity contribution < 1.29 is 9.90 Å². The summed E-state index contributed by atoms with van der Waals surface area (Å²) in [5.74, 6) is 0.388. The van der Waals surface area contributed by atoms with Gasteiger partial charge in [0.05, 0.1) is 0 Å². The molecule has 1 rings (SSSR count). The van der Waals surface area contributed by atoms with Crippen LogP contribution in [0.5, 0.6) is 0 Å². The molecule has 0 aliphatic heterocycles. The van der Waals surface area contributed by atoms with Gasteiger partial charge in [-0.2, -0.15) is 0 Å². The minimum Gasteiger partial charge on any atom is -0.396 e. The maximum Gasteiger partial charge on any atom is 0.223 e. The third kappa shape index (κ3) is 5.94. The Morgan fingerprint density at radius 3 is 2.16 bits per heavy atom. The molecule has 0 spiro atoms. The fourth-order valence-electron chi connectivity index (χ4n) is 2.86. The van der Waals surface area contributed by atoms with Crippen LogP contribution in [-0.2, 0) is 4.79 Å². The number of carbonyl (C=O) groups excluding carboxylic acids is 1. The van der Waals surface area contributed by atoms with Crippen LogP contribution in [-0.4, -0.2) is 23.7 Å². The van der Waals surface area contributed by atoms with Crippen molar-refractivity contribution in [3.8, 4) is 0 Å². The molecule has 3 heteroatoms. The molecule has 1 amide bonds. The average Bonchev–Trinajstić information content (AvgIpc) is 2.26. The summed E-state index contributed by atoms with van der Waals surface area (Å²) in [6.45, 7) is 6.48. The smallest absolute Gasteiger partial charge is 0.223 e. The van der Waals surface area contributed by atoms with E-state index in [0.717, 1.165) is 12.8 Å². The monoisotopic (exact) mass is 269 g/mol. The van der Waals surface area contributed by atoms with Crippen LogP contribution in [0.1, 0.15) is 72.1 Å². The Bertz CT molecular complexity index is 262. The standard InChI is InChI=1S/C16H31NO2/c1-16(2,3)14(11-12-18)17-15(19)13-9-7-5-4-6-8-10-13/h13-14,18H,4-12H2,1-3H3,(H,17,19). The predicted molar refractivity (Wildman–Crippen MR) is 78.9 cm³/mol. The Morgan fingerprint density at radius 1 is 1.16 bits per heavy atom. The van der Waals surface area contributed by atoms with Crippen LogP contribution < -0.4 is 5.32 Å². The largest absolute Gasteiger partial charge is 0.396 e. The molecule has 3 nitrogen and oxygen atoms in total. The minimum absolute atomic E-state index is 0.00000811. The lowest BCUT2D eigenvalue weighted by molar-refractivity contribution is -0.127. The molecule has 0 bridgehead atoms. The lowest BCUT2D eigenvalue weighted by atomic mass is 9.83. The number of hydrogen-bond donors (Lipinski definition) is 2. The van der Waals surface area contributed by atoms with Crippen molar-refractivity contribution in [3.63, 3.8) is 0 Å². The molecule has 0 aromatic rings. The fourth-order valence-corrected chi connectivity index (χ4v) is 2.86. The van der Waals surface area contributed by atoms with Gasteiger partial charge in [0.25, 0.3) is 0 Å². The molecule has 0 aromatic heterocycles. The van der Waals surface area contributed by atoms with E-state index in [4.69, 9.17) is 5.11 Å². The van der Waals surface area contributed by atoms with E-state index in [1.54, 1.807) is 0 Å². The van der Waals surface area contributed by atoms with Gasteiger partial charge in [-0.3, -0.25) is 4.79 Å². The fraction of sp³-hybridized carbons (Fsp3) is 0.938. The van der Waals surface area contributed by atoms with Gasteiger partial charge < -0.3 is 10.4 Å². The molecule has 1 aliphatic rings. The first-order valence-electron chi connectivity index (χ1n) is 7.86. The lowest BCUT2D eigenvalue weighted by Crippen LogP contribution is -2.46. The van der Waals surface area contributed by atoms with Gasteiger partial charge in [0.2, 0.25) is 5.91 Å². The van der Waals surface area contributed by atoms with Gasteiger partial charge in [-0.05, 0) is 24.7 Å². The summed E-state index contributed by atoms with van der Waals surface area (Å²) in [4.78, 5) is 12.4. The number of aliphatic hydroxyl groups excluding tert-OH is 1. The van der Waals surface area contributed by atoms with Crippen LogP contribution in [0.3, 0.4) is 0 Å². The van der Waals surface area contributed by atoms with E-state index < -0.39 is 0 Å². The van der Waals surface area contributed by atoms with Gasteiger partial charge in [-0.15, -0.1) is 0 Å². The number of carbonyl (C=O) groups is 1. The van der Waals surface area contributed by atoms with E-state index in [9.17, 15) is 4.79 Å². The second-order valence-corrected chi connectivity index (χ2v) is 6.98. The molecule has 0 radical (unpaired) electrons. The number of hydrogen-bond acceptors (Lipinski definition) is 2. The maximum atomic E-state index is 12.4. The molecule has 1 atom stereocenters. The first-order valence-corrected chi connectivity index (χ1v) is 7.86. The SMILES string of the molecule is CC(C)(C)C(CCO)NC(=O)C1CCCCCCC1. The molecule has 0 saturated heterocycles. The van der Waals surface area contributed by atoms with Crippen molar-refractivity contribution in [2.24, 2.45) is 11.3 Å². The summed E-state index contributed by atoms with van der Waals surface area (Å²) < 4.78 is 0. The summed E-state index contributed by atoms with van der Waals surface area (Å²) in [6.07, 6.45) is 8.91. The topological polar surface area (TPSA) is 49.3 Å². The highest BCUT2D eigenvalue weighted by Crippen LogP contribution is 2.25. The van der Waals surface area contributed by atoms with E-state index >= 15 is 0 Å². The Labute approximate surface area is 118 Å². The van der Waals surface area contributed by atoms with Crippen LogP contribution in [0, 0.1) is 11.3 Å². The number of nitrogens with one attached hydrogen (secondary N) is 1. The molecule has 1 saturated carbocycles. The number of amides is 1. The Balaban J connectivity index is 2.54. The second kappa shape index (κ2) is 7.88. The van der Waals surface area contributed by atoms with E-state index in [-0.39, 0.29) is 29.9 Å². The Kier molecular flexibility index (Phi) is 6.84. The molecular weight excluding hydrogens is 238 g/mol. The van der Waals surface area contributed by atoms with Gasteiger partial charge in [-0.25, -0.2) is 0 Å². The van der Waals surface area contributed by atoms with Gasteiger partial charge in [0, 0.05) is 18.6 Å². The highest BCUT2D eigenvalue weighted by Gasteiger charge is 2.28. The van der Waals surface area contributed by atoms with Gasteiger partial charge in [0.15, 0.2) is 0 Å². The third-order valence-electron chi connectivity index (χ3n) is 4.26. The summed E-state index contributed by atoms with van der Waals surface area (Å²) in [5.41, 5.74) is 0.00000811. The first-order chi connectivity index (χ1) is 8.95. The van der Waals surface area contributed by atoms with Crippen molar-refractivity contribution in [1.29, 1.82) is 0 Å². The van der Waals surface area contributed by atoms with Gasteiger partial charge in [-0.1, -0.05) is 52.9 Å². The zero-order valence-corrected chi connectivity index (χ0v) is 12.9. The molecule has 1 unspecified atom stereocenters. The normalized spacial score (nSPS) is 20.4. The average molecular weight is 269 g/mol. The summed E-state index contributed by atoms with van der Waals surface area (Å²) in [5, 5.41) is 12.3. The molecule has 2 N–H and O–H groups in total. The summed E-state index contributed by atoms with van der Waals surface area (Å²) in [6, 6.07) is 0.0652. The molecule has 1 aliphatic carbocycles. The highest BCUT2D eigenvalue weighted by molar-refractivity contribution is 5.79. The van der Waals surface area contributed by atoms with Crippen molar-refractivity contribution in [3.05, 3.63) is 0 Å². The zero-order chi connectivity index (χ0) is 14.3. The van der Waals surface area contributed by atoms with Crippen LogP contribution in [0.2, 0.25) is 0 Å². The van der Waals surface area contributed by atoms with E-state index in [1.165, 1.54) is 32.1 Å². The van der Waals surface area contributed by atoms with Crippen LogP contribution in [0.25, 0.3) is 0 Å². The maximum absolute atomic E-state index is 12.4. The summed E-state index contributed by atoms with van der Waals surface area (Å²) in [7, 11) is 0. The molecule has 19 heavy (non-hydrogen) atoms. The van der Waals surface area contributed by atoms with Crippen LogP contribution >= 0.6 is 0 Å². The minimum atomic E-state index is 0.00000811. The van der Waals surface area contributed by atoms with Crippen LogP contribution in [0.15, 0.2) is 0 Å². The van der Waals surface area contributed by atoms with Crippen molar-refractivity contribution >= 4 is 5.91 Å². The molecule has 0 heterocycles. The van der Waals surface area contributed by atoms with E-state index in [0.29, 0.717) is 6.42 Å².